The lowest BCUT2D eigenvalue weighted by Gasteiger charge is -2.19. The van der Waals surface area contributed by atoms with E-state index in [0.29, 0.717) is 18.7 Å². The fourth-order valence-electron chi connectivity index (χ4n) is 2.01. The fourth-order valence-corrected chi connectivity index (χ4v) is 2.01. The van der Waals surface area contributed by atoms with Gasteiger partial charge in [0.15, 0.2) is 0 Å². The van der Waals surface area contributed by atoms with Crippen molar-refractivity contribution in [3.05, 3.63) is 35.4 Å². The molecule has 0 spiro atoms. The maximum Gasteiger partial charge on any atom is 0.251 e. The number of nitrogens with zero attached hydrogens (tertiary/aromatic N) is 1. The van der Waals surface area contributed by atoms with E-state index in [-0.39, 0.29) is 5.91 Å². The fraction of sp³-hybridized carbons (Fsp3) is 0.533. The van der Waals surface area contributed by atoms with Gasteiger partial charge in [-0.2, -0.15) is 0 Å². The van der Waals surface area contributed by atoms with Crippen LogP contribution in [0.25, 0.3) is 0 Å². The van der Waals surface area contributed by atoms with Crippen LogP contribution in [0.2, 0.25) is 0 Å². The molecular formula is C15H25N3O. The van der Waals surface area contributed by atoms with Crippen LogP contribution in [0.1, 0.15) is 36.2 Å². The number of nitrogens with one attached hydrogen (secondary N) is 1. The first kappa shape index (κ1) is 15.7. The largest absolute Gasteiger partial charge is 0.351 e. The van der Waals surface area contributed by atoms with E-state index in [1.807, 2.05) is 24.3 Å². The Bertz CT molecular complexity index is 393. The van der Waals surface area contributed by atoms with Crippen molar-refractivity contribution in [2.75, 3.05) is 26.2 Å². The number of nitrogens with two attached hydrogens (primary N) is 1. The van der Waals surface area contributed by atoms with Crippen LogP contribution in [-0.2, 0) is 6.54 Å². The number of benzene rings is 1. The Balaban J connectivity index is 2.42. The number of carbonyl (C=O) groups excluding carboxylic acids is 1. The zero-order valence-corrected chi connectivity index (χ0v) is 12.0. The monoisotopic (exact) mass is 263 g/mol. The highest BCUT2D eigenvalue weighted by molar-refractivity contribution is 5.94. The molecule has 0 fully saturated rings. The van der Waals surface area contributed by atoms with E-state index >= 15 is 0 Å². The molecule has 1 aromatic rings. The van der Waals surface area contributed by atoms with Crippen LogP contribution in [0.4, 0.5) is 0 Å². The molecule has 4 heteroatoms. The molecule has 0 aliphatic rings. The molecule has 1 aromatic carbocycles. The molecule has 0 saturated carbocycles. The zero-order valence-electron chi connectivity index (χ0n) is 12.0. The maximum atomic E-state index is 12.0. The summed E-state index contributed by atoms with van der Waals surface area (Å²) in [6, 6.07) is 7.46. The number of rotatable bonds is 8. The Labute approximate surface area is 116 Å². The third-order valence-electron chi connectivity index (χ3n) is 3.13. The molecule has 0 bridgehead atoms. The van der Waals surface area contributed by atoms with Gasteiger partial charge < -0.3 is 16.0 Å². The van der Waals surface area contributed by atoms with Gasteiger partial charge in [0.05, 0.1) is 0 Å². The molecule has 19 heavy (non-hydrogen) atoms. The van der Waals surface area contributed by atoms with E-state index in [1.165, 1.54) is 0 Å². The average molecular weight is 263 g/mol. The summed E-state index contributed by atoms with van der Waals surface area (Å²) in [6.07, 6.45) is 1.14. The molecule has 0 heterocycles. The van der Waals surface area contributed by atoms with Gasteiger partial charge in [0, 0.05) is 25.2 Å². The van der Waals surface area contributed by atoms with Crippen molar-refractivity contribution in [1.29, 1.82) is 0 Å². The van der Waals surface area contributed by atoms with E-state index < -0.39 is 0 Å². The summed E-state index contributed by atoms with van der Waals surface area (Å²) in [4.78, 5) is 14.3. The molecule has 0 unspecified atom stereocenters. The van der Waals surface area contributed by atoms with Gasteiger partial charge in [-0.05, 0) is 37.2 Å². The summed E-state index contributed by atoms with van der Waals surface area (Å²) in [7, 11) is 0. The normalized spacial score (nSPS) is 10.7. The summed E-state index contributed by atoms with van der Waals surface area (Å²) in [6.45, 7) is 8.44. The summed E-state index contributed by atoms with van der Waals surface area (Å²) < 4.78 is 0. The SMILES string of the molecule is CCCN(CC)CCNC(=O)c1cccc(CN)c1. The van der Waals surface area contributed by atoms with E-state index in [0.717, 1.165) is 31.6 Å². The van der Waals surface area contributed by atoms with E-state index in [4.69, 9.17) is 5.73 Å². The Hall–Kier alpha value is -1.39. The molecule has 0 aliphatic heterocycles. The summed E-state index contributed by atoms with van der Waals surface area (Å²) in [5.41, 5.74) is 7.23. The van der Waals surface area contributed by atoms with Crippen LogP contribution >= 0.6 is 0 Å². The number of hydrogen-bond donors (Lipinski definition) is 2. The number of carbonyl (C=O) groups is 1. The highest BCUT2D eigenvalue weighted by Gasteiger charge is 2.06. The van der Waals surface area contributed by atoms with Gasteiger partial charge >= 0.3 is 0 Å². The molecule has 0 radical (unpaired) electrons. The van der Waals surface area contributed by atoms with Crippen molar-refractivity contribution in [2.45, 2.75) is 26.8 Å². The molecule has 0 atom stereocenters. The Kier molecular flexibility index (Phi) is 7.15. The molecule has 1 rings (SSSR count). The predicted molar refractivity (Wildman–Crippen MR) is 79.1 cm³/mol. The Morgan fingerprint density at radius 3 is 2.74 bits per heavy atom. The molecule has 0 aliphatic carbocycles. The van der Waals surface area contributed by atoms with Gasteiger partial charge in [-0.15, -0.1) is 0 Å². The van der Waals surface area contributed by atoms with E-state index in [1.54, 1.807) is 0 Å². The van der Waals surface area contributed by atoms with Crippen LogP contribution < -0.4 is 11.1 Å². The lowest BCUT2D eigenvalue weighted by atomic mass is 10.1. The first-order chi connectivity index (χ1) is 9.21. The van der Waals surface area contributed by atoms with Gasteiger partial charge in [0.1, 0.15) is 0 Å². The minimum Gasteiger partial charge on any atom is -0.351 e. The molecule has 106 valence electrons. The van der Waals surface area contributed by atoms with Crippen molar-refractivity contribution in [1.82, 2.24) is 10.2 Å². The number of amides is 1. The first-order valence-corrected chi connectivity index (χ1v) is 7.00. The standard InChI is InChI=1S/C15H25N3O/c1-3-9-18(4-2)10-8-17-15(19)14-7-5-6-13(11-14)12-16/h5-7,11H,3-4,8-10,12,16H2,1-2H3,(H,17,19). The van der Waals surface area contributed by atoms with Crippen LogP contribution in [-0.4, -0.2) is 37.0 Å². The predicted octanol–water partition coefficient (Wildman–Crippen LogP) is 1.61. The highest BCUT2D eigenvalue weighted by atomic mass is 16.1. The second kappa shape index (κ2) is 8.67. The van der Waals surface area contributed by atoms with Gasteiger partial charge in [-0.3, -0.25) is 4.79 Å². The summed E-state index contributed by atoms with van der Waals surface area (Å²) in [5.74, 6) is -0.0251. The zero-order chi connectivity index (χ0) is 14.1. The summed E-state index contributed by atoms with van der Waals surface area (Å²) >= 11 is 0. The van der Waals surface area contributed by atoms with Gasteiger partial charge in [0.2, 0.25) is 0 Å². The first-order valence-electron chi connectivity index (χ1n) is 7.00. The molecule has 1 amide bonds. The van der Waals surface area contributed by atoms with Gasteiger partial charge in [-0.25, -0.2) is 0 Å². The third-order valence-corrected chi connectivity index (χ3v) is 3.13. The van der Waals surface area contributed by atoms with Gasteiger partial charge in [0.25, 0.3) is 5.91 Å². The van der Waals surface area contributed by atoms with Crippen molar-refractivity contribution in [2.24, 2.45) is 5.73 Å². The summed E-state index contributed by atoms with van der Waals surface area (Å²) in [5, 5.41) is 2.95. The Morgan fingerprint density at radius 2 is 2.11 bits per heavy atom. The van der Waals surface area contributed by atoms with Crippen molar-refractivity contribution in [3.63, 3.8) is 0 Å². The van der Waals surface area contributed by atoms with Crippen molar-refractivity contribution < 1.29 is 4.79 Å². The topological polar surface area (TPSA) is 58.4 Å². The molecule has 4 nitrogen and oxygen atoms in total. The van der Waals surface area contributed by atoms with Crippen LogP contribution in [0.5, 0.6) is 0 Å². The molecule has 3 N–H and O–H groups in total. The lowest BCUT2D eigenvalue weighted by molar-refractivity contribution is 0.0948. The number of hydrogen-bond acceptors (Lipinski definition) is 3. The van der Waals surface area contributed by atoms with Crippen molar-refractivity contribution in [3.8, 4) is 0 Å². The minimum atomic E-state index is -0.0251. The third kappa shape index (κ3) is 5.41. The quantitative estimate of drug-likeness (QED) is 0.749. The smallest absolute Gasteiger partial charge is 0.251 e. The van der Waals surface area contributed by atoms with Crippen LogP contribution in [0.15, 0.2) is 24.3 Å². The molecular weight excluding hydrogens is 238 g/mol. The number of likely N-dealkylation sites (N-methyl/N-ethyl adjacent to an activating group) is 1. The second-order valence-electron chi connectivity index (χ2n) is 4.59. The minimum absolute atomic E-state index is 0.0251. The van der Waals surface area contributed by atoms with E-state index in [2.05, 4.69) is 24.1 Å². The average Bonchev–Trinajstić information content (AvgIpc) is 2.46. The second-order valence-corrected chi connectivity index (χ2v) is 4.59. The highest BCUT2D eigenvalue weighted by Crippen LogP contribution is 2.04. The van der Waals surface area contributed by atoms with Gasteiger partial charge in [-0.1, -0.05) is 26.0 Å². The molecule has 0 saturated heterocycles. The van der Waals surface area contributed by atoms with Crippen molar-refractivity contribution >= 4 is 5.91 Å². The van der Waals surface area contributed by atoms with Crippen LogP contribution in [0, 0.1) is 0 Å². The Morgan fingerprint density at radius 1 is 1.32 bits per heavy atom. The molecule has 0 aromatic heterocycles. The van der Waals surface area contributed by atoms with Crippen LogP contribution in [0.3, 0.4) is 0 Å². The van der Waals surface area contributed by atoms with E-state index in [9.17, 15) is 4.79 Å². The maximum absolute atomic E-state index is 12.0. The lowest BCUT2D eigenvalue weighted by Crippen LogP contribution is -2.35.